The number of carbonyl (C=O) groups is 1. The zero-order chi connectivity index (χ0) is 15.7. The third kappa shape index (κ3) is 2.69. The topological polar surface area (TPSA) is 72.4 Å². The largest absolute Gasteiger partial charge is 0.416 e. The lowest BCUT2D eigenvalue weighted by molar-refractivity contribution is 0.0923. The van der Waals surface area contributed by atoms with Gasteiger partial charge >= 0.3 is 5.84 Å². The van der Waals surface area contributed by atoms with Crippen molar-refractivity contribution in [3.63, 3.8) is 0 Å². The third-order valence-corrected chi connectivity index (χ3v) is 3.54. The molecule has 1 amide bonds. The van der Waals surface area contributed by atoms with Crippen molar-refractivity contribution in [2.24, 2.45) is 0 Å². The highest BCUT2D eigenvalue weighted by Gasteiger charge is 2.24. The predicted octanol–water partition coefficient (Wildman–Crippen LogP) is 3.03. The lowest BCUT2D eigenvalue weighted by Crippen LogP contribution is -2.24. The molecule has 0 aliphatic rings. The van der Waals surface area contributed by atoms with Crippen LogP contribution >= 0.6 is 11.6 Å². The van der Waals surface area contributed by atoms with Crippen LogP contribution in [0.2, 0.25) is 5.02 Å². The first-order valence-electron chi connectivity index (χ1n) is 6.91. The molecule has 1 aromatic carbocycles. The first kappa shape index (κ1) is 14.6. The number of rotatable bonds is 4. The fourth-order valence-electron chi connectivity index (χ4n) is 2.24. The molecular weight excluding hydrogens is 304 g/mol. The van der Waals surface area contributed by atoms with E-state index in [-0.39, 0.29) is 17.6 Å². The van der Waals surface area contributed by atoms with E-state index in [0.29, 0.717) is 23.1 Å². The van der Waals surface area contributed by atoms with Crippen LogP contribution in [0.25, 0.3) is 5.84 Å². The Morgan fingerprint density at radius 2 is 2.09 bits per heavy atom. The average Bonchev–Trinajstić information content (AvgIpc) is 3.06. The van der Waals surface area contributed by atoms with Crippen LogP contribution in [0.5, 0.6) is 0 Å². The number of oxazole rings is 1. The highest BCUT2D eigenvalue weighted by molar-refractivity contribution is 6.30. The van der Waals surface area contributed by atoms with E-state index in [1.165, 1.54) is 6.33 Å². The highest BCUT2D eigenvalue weighted by Crippen LogP contribution is 2.22. The van der Waals surface area contributed by atoms with Gasteiger partial charge in [0, 0.05) is 11.6 Å². The molecule has 0 bridgehead atoms. The summed E-state index contributed by atoms with van der Waals surface area (Å²) in [6.45, 7) is 4.34. The summed E-state index contributed by atoms with van der Waals surface area (Å²) >= 11 is 5.84. The molecular formula is C15H15ClN4O2. The molecule has 3 aromatic rings. The lowest BCUT2D eigenvalue weighted by atomic mass is 10.1. The van der Waals surface area contributed by atoms with E-state index >= 15 is 0 Å². The Morgan fingerprint density at radius 3 is 2.77 bits per heavy atom. The molecule has 7 heteroatoms. The summed E-state index contributed by atoms with van der Waals surface area (Å²) in [5.74, 6) is 0.366. The van der Waals surface area contributed by atoms with Crippen LogP contribution in [-0.4, -0.2) is 20.5 Å². The Hall–Kier alpha value is -2.34. The minimum Gasteiger partial charge on any atom is -0.416 e. The molecule has 0 aliphatic heterocycles. The van der Waals surface area contributed by atoms with E-state index in [2.05, 4.69) is 15.4 Å². The number of hydrogen-bond donors (Lipinski definition) is 1. The maximum Gasteiger partial charge on any atom is 0.325 e. The molecule has 2 aromatic heterocycles. The van der Waals surface area contributed by atoms with Crippen molar-refractivity contribution >= 4 is 23.4 Å². The van der Waals surface area contributed by atoms with Crippen molar-refractivity contribution < 1.29 is 9.21 Å². The first-order valence-corrected chi connectivity index (χ1v) is 7.29. The van der Waals surface area contributed by atoms with E-state index in [1.807, 2.05) is 26.0 Å². The smallest absolute Gasteiger partial charge is 0.325 e. The molecule has 0 aliphatic carbocycles. The van der Waals surface area contributed by atoms with Gasteiger partial charge in [0.15, 0.2) is 0 Å². The molecule has 114 valence electrons. The number of fused-ring (bicyclic) bond motifs is 1. The zero-order valence-corrected chi connectivity index (χ0v) is 13.0. The van der Waals surface area contributed by atoms with Gasteiger partial charge in [0.05, 0.1) is 5.69 Å². The minimum absolute atomic E-state index is 0.0826. The average molecular weight is 319 g/mol. The molecule has 0 spiro atoms. The standard InChI is InChI=1S/C15H15ClN4O2/c1-9(2)12-13(22-15-18-8-19-20(12)15)14(21)17-7-10-3-5-11(16)6-4-10/h3-6,8-9H,7H2,1-2H3,(H,17,21). The molecule has 0 unspecified atom stereocenters. The van der Waals surface area contributed by atoms with Crippen LogP contribution in [0.1, 0.15) is 41.6 Å². The maximum absolute atomic E-state index is 12.4. The lowest BCUT2D eigenvalue weighted by Gasteiger charge is -2.07. The van der Waals surface area contributed by atoms with Crippen molar-refractivity contribution in [1.29, 1.82) is 0 Å². The van der Waals surface area contributed by atoms with Crippen LogP contribution in [0, 0.1) is 0 Å². The summed E-state index contributed by atoms with van der Waals surface area (Å²) in [6.07, 6.45) is 1.40. The number of benzene rings is 1. The van der Waals surface area contributed by atoms with E-state index in [0.717, 1.165) is 5.56 Å². The van der Waals surface area contributed by atoms with Crippen molar-refractivity contribution in [2.45, 2.75) is 26.3 Å². The third-order valence-electron chi connectivity index (χ3n) is 3.29. The normalized spacial score (nSPS) is 11.3. The van der Waals surface area contributed by atoms with Crippen molar-refractivity contribution in [1.82, 2.24) is 19.9 Å². The van der Waals surface area contributed by atoms with E-state index in [9.17, 15) is 4.79 Å². The predicted molar refractivity (Wildman–Crippen MR) is 82.0 cm³/mol. The molecule has 22 heavy (non-hydrogen) atoms. The summed E-state index contributed by atoms with van der Waals surface area (Å²) in [4.78, 5) is 16.4. The van der Waals surface area contributed by atoms with Gasteiger partial charge in [-0.25, -0.2) is 0 Å². The van der Waals surface area contributed by atoms with Crippen LogP contribution < -0.4 is 5.32 Å². The van der Waals surface area contributed by atoms with Gasteiger partial charge in [-0.2, -0.15) is 14.6 Å². The fraction of sp³-hybridized carbons (Fsp3) is 0.267. The summed E-state index contributed by atoms with van der Waals surface area (Å²) in [6, 6.07) is 7.30. The van der Waals surface area contributed by atoms with Crippen LogP contribution in [0.3, 0.4) is 0 Å². The summed E-state index contributed by atoms with van der Waals surface area (Å²) in [5, 5.41) is 7.59. The molecule has 0 saturated heterocycles. The van der Waals surface area contributed by atoms with Crippen LogP contribution in [0.4, 0.5) is 0 Å². The second kappa shape index (κ2) is 5.81. The summed E-state index contributed by atoms with van der Waals surface area (Å²) < 4.78 is 7.08. The van der Waals surface area contributed by atoms with Crippen molar-refractivity contribution in [3.05, 3.63) is 52.6 Å². The summed E-state index contributed by atoms with van der Waals surface area (Å²) in [5.41, 5.74) is 1.67. The highest BCUT2D eigenvalue weighted by atomic mass is 35.5. The van der Waals surface area contributed by atoms with Gasteiger partial charge in [-0.3, -0.25) is 4.79 Å². The van der Waals surface area contributed by atoms with E-state index in [1.54, 1.807) is 16.6 Å². The SMILES string of the molecule is CC(C)c1c(C(=O)NCc2ccc(Cl)cc2)oc2ncnn12. The number of nitrogens with zero attached hydrogens (tertiary/aromatic N) is 3. The second-order valence-corrected chi connectivity index (χ2v) is 5.67. The Morgan fingerprint density at radius 1 is 1.36 bits per heavy atom. The van der Waals surface area contributed by atoms with Crippen LogP contribution in [0.15, 0.2) is 35.0 Å². The van der Waals surface area contributed by atoms with Gasteiger partial charge in [0.25, 0.3) is 5.91 Å². The summed E-state index contributed by atoms with van der Waals surface area (Å²) in [7, 11) is 0. The quantitative estimate of drug-likeness (QED) is 0.802. The zero-order valence-electron chi connectivity index (χ0n) is 12.2. The van der Waals surface area contributed by atoms with E-state index < -0.39 is 0 Å². The molecule has 0 radical (unpaired) electrons. The number of nitrogens with one attached hydrogen (secondary N) is 1. The van der Waals surface area contributed by atoms with Crippen molar-refractivity contribution in [2.75, 3.05) is 0 Å². The second-order valence-electron chi connectivity index (χ2n) is 5.23. The maximum atomic E-state index is 12.4. The molecule has 6 nitrogen and oxygen atoms in total. The Labute approximate surface area is 132 Å². The van der Waals surface area contributed by atoms with Crippen molar-refractivity contribution in [3.8, 4) is 0 Å². The molecule has 3 rings (SSSR count). The molecule has 0 fully saturated rings. The van der Waals surface area contributed by atoms with Gasteiger partial charge in [0.1, 0.15) is 6.33 Å². The fourth-order valence-corrected chi connectivity index (χ4v) is 2.37. The molecule has 2 heterocycles. The number of aromatic nitrogens is 3. The number of hydrogen-bond acceptors (Lipinski definition) is 4. The van der Waals surface area contributed by atoms with Gasteiger partial charge in [-0.05, 0) is 23.6 Å². The molecule has 0 atom stereocenters. The van der Waals surface area contributed by atoms with Gasteiger partial charge < -0.3 is 9.73 Å². The molecule has 0 saturated carbocycles. The van der Waals surface area contributed by atoms with Gasteiger partial charge in [-0.15, -0.1) is 0 Å². The number of carbonyl (C=O) groups excluding carboxylic acids is 1. The number of amides is 1. The Balaban J connectivity index is 1.81. The molecule has 1 N–H and O–H groups in total. The minimum atomic E-state index is -0.286. The van der Waals surface area contributed by atoms with Crippen LogP contribution in [-0.2, 0) is 6.54 Å². The monoisotopic (exact) mass is 318 g/mol. The van der Waals surface area contributed by atoms with Gasteiger partial charge in [-0.1, -0.05) is 37.6 Å². The Bertz CT molecular complexity index is 805. The van der Waals surface area contributed by atoms with E-state index in [4.69, 9.17) is 16.0 Å². The van der Waals surface area contributed by atoms with Gasteiger partial charge in [0.2, 0.25) is 5.76 Å². The Kier molecular flexibility index (Phi) is 3.85. The first-order chi connectivity index (χ1) is 10.6. The number of halogens is 1.